The van der Waals surface area contributed by atoms with Crippen LogP contribution in [0, 0.1) is 0 Å². The topological polar surface area (TPSA) is 101 Å². The van der Waals surface area contributed by atoms with Crippen molar-refractivity contribution in [2.24, 2.45) is 5.73 Å². The van der Waals surface area contributed by atoms with Crippen LogP contribution in [-0.4, -0.2) is 40.2 Å². The number of sulfonamides is 1. The van der Waals surface area contributed by atoms with Gasteiger partial charge in [-0.3, -0.25) is 4.79 Å². The summed E-state index contributed by atoms with van der Waals surface area (Å²) < 4.78 is 24.9. The van der Waals surface area contributed by atoms with Crippen molar-refractivity contribution >= 4 is 15.9 Å². The lowest BCUT2D eigenvalue weighted by Crippen LogP contribution is -2.31. The fourth-order valence-electron chi connectivity index (χ4n) is 0.954. The summed E-state index contributed by atoms with van der Waals surface area (Å²) in [5.74, 6) is -0.113. The van der Waals surface area contributed by atoms with Crippen LogP contribution in [0.3, 0.4) is 0 Å². The predicted octanol–water partition coefficient (Wildman–Crippen LogP) is -1.22. The van der Waals surface area contributed by atoms with Gasteiger partial charge in [0, 0.05) is 20.0 Å². The molecule has 1 amide bonds. The Labute approximate surface area is 90.7 Å². The van der Waals surface area contributed by atoms with Crippen LogP contribution in [-0.2, 0) is 14.8 Å². The van der Waals surface area contributed by atoms with E-state index in [1.165, 1.54) is 7.05 Å². The molecule has 0 rings (SSSR count). The molecule has 0 aromatic carbocycles. The van der Waals surface area contributed by atoms with Crippen molar-refractivity contribution in [3.8, 4) is 0 Å². The van der Waals surface area contributed by atoms with Crippen LogP contribution in [0.2, 0.25) is 0 Å². The molecule has 0 atom stereocenters. The minimum Gasteiger partial charge on any atom is -0.359 e. The van der Waals surface area contributed by atoms with Crippen LogP contribution in [0.1, 0.15) is 19.3 Å². The molecule has 0 radical (unpaired) electrons. The fraction of sp³-hybridized carbons (Fsp3) is 0.875. The van der Waals surface area contributed by atoms with Crippen molar-refractivity contribution in [3.63, 3.8) is 0 Å². The molecule has 0 fully saturated rings. The maximum absolute atomic E-state index is 11.3. The molecular weight excluding hydrogens is 218 g/mol. The zero-order valence-corrected chi connectivity index (χ0v) is 9.77. The molecule has 0 aliphatic carbocycles. The molecule has 0 unspecified atom stereocenters. The summed E-state index contributed by atoms with van der Waals surface area (Å²) in [5, 5.41) is 2.41. The Kier molecular flexibility index (Phi) is 7.27. The van der Waals surface area contributed by atoms with E-state index in [1.54, 1.807) is 0 Å². The number of carbonyl (C=O) groups excluding carboxylic acids is 1. The van der Waals surface area contributed by atoms with Crippen LogP contribution in [0.5, 0.6) is 0 Å². The summed E-state index contributed by atoms with van der Waals surface area (Å²) in [6, 6.07) is 0. The Balaban J connectivity index is 3.70. The summed E-state index contributed by atoms with van der Waals surface area (Å²) in [5.41, 5.74) is 5.25. The van der Waals surface area contributed by atoms with Gasteiger partial charge in [0.2, 0.25) is 15.9 Å². The average molecular weight is 237 g/mol. The lowest BCUT2D eigenvalue weighted by molar-refractivity contribution is -0.120. The molecule has 7 heteroatoms. The predicted molar refractivity (Wildman–Crippen MR) is 58.8 cm³/mol. The second-order valence-electron chi connectivity index (χ2n) is 3.13. The molecule has 0 bridgehead atoms. The molecule has 0 saturated heterocycles. The minimum atomic E-state index is -3.24. The van der Waals surface area contributed by atoms with Gasteiger partial charge in [-0.05, 0) is 19.4 Å². The Morgan fingerprint density at radius 1 is 1.33 bits per heavy atom. The number of amides is 1. The van der Waals surface area contributed by atoms with Crippen molar-refractivity contribution < 1.29 is 13.2 Å². The van der Waals surface area contributed by atoms with Gasteiger partial charge in [-0.2, -0.15) is 0 Å². The third kappa shape index (κ3) is 8.34. The monoisotopic (exact) mass is 237 g/mol. The first kappa shape index (κ1) is 14.3. The number of unbranched alkanes of at least 4 members (excludes halogenated alkanes) is 1. The van der Waals surface area contributed by atoms with Crippen molar-refractivity contribution in [2.45, 2.75) is 19.3 Å². The van der Waals surface area contributed by atoms with Gasteiger partial charge in [-0.25, -0.2) is 13.1 Å². The standard InChI is InChI=1S/C8H19N3O3S/c1-10-8(12)4-6-11-15(13,14)7-3-2-5-9/h11H,2-7,9H2,1H3,(H,10,12). The summed E-state index contributed by atoms with van der Waals surface area (Å²) >= 11 is 0. The number of nitrogens with two attached hydrogens (primary N) is 1. The zero-order valence-electron chi connectivity index (χ0n) is 8.95. The normalized spacial score (nSPS) is 11.3. The van der Waals surface area contributed by atoms with Gasteiger partial charge >= 0.3 is 0 Å². The smallest absolute Gasteiger partial charge is 0.221 e. The van der Waals surface area contributed by atoms with E-state index in [1.807, 2.05) is 0 Å². The molecule has 0 heterocycles. The van der Waals surface area contributed by atoms with E-state index in [0.717, 1.165) is 0 Å². The van der Waals surface area contributed by atoms with E-state index in [0.29, 0.717) is 19.4 Å². The average Bonchev–Trinajstić information content (AvgIpc) is 2.17. The lowest BCUT2D eigenvalue weighted by atomic mass is 10.3. The maximum atomic E-state index is 11.3. The molecule has 0 saturated carbocycles. The summed E-state index contributed by atoms with van der Waals surface area (Å²) in [6.45, 7) is 0.637. The third-order valence-electron chi connectivity index (χ3n) is 1.82. The van der Waals surface area contributed by atoms with Crippen LogP contribution >= 0.6 is 0 Å². The Bertz CT molecular complexity index is 277. The maximum Gasteiger partial charge on any atom is 0.221 e. The molecular formula is C8H19N3O3S. The summed E-state index contributed by atoms with van der Waals surface area (Å²) in [7, 11) is -1.73. The van der Waals surface area contributed by atoms with Crippen LogP contribution < -0.4 is 15.8 Å². The molecule has 0 spiro atoms. The van der Waals surface area contributed by atoms with E-state index in [-0.39, 0.29) is 24.6 Å². The molecule has 6 nitrogen and oxygen atoms in total. The third-order valence-corrected chi connectivity index (χ3v) is 3.29. The van der Waals surface area contributed by atoms with E-state index in [2.05, 4.69) is 10.0 Å². The highest BCUT2D eigenvalue weighted by atomic mass is 32.2. The van der Waals surface area contributed by atoms with Crippen molar-refractivity contribution in [3.05, 3.63) is 0 Å². The first-order valence-electron chi connectivity index (χ1n) is 4.90. The number of nitrogens with one attached hydrogen (secondary N) is 2. The highest BCUT2D eigenvalue weighted by molar-refractivity contribution is 7.89. The SMILES string of the molecule is CNC(=O)CCNS(=O)(=O)CCCCN. The second kappa shape index (κ2) is 7.61. The summed E-state index contributed by atoms with van der Waals surface area (Å²) in [6.07, 6.45) is 1.40. The van der Waals surface area contributed by atoms with Gasteiger partial charge in [0.05, 0.1) is 5.75 Å². The Morgan fingerprint density at radius 3 is 2.53 bits per heavy atom. The number of hydrogen-bond acceptors (Lipinski definition) is 4. The van der Waals surface area contributed by atoms with Gasteiger partial charge < -0.3 is 11.1 Å². The van der Waals surface area contributed by atoms with Crippen molar-refractivity contribution in [2.75, 3.05) is 25.9 Å². The van der Waals surface area contributed by atoms with Crippen LogP contribution in [0.15, 0.2) is 0 Å². The van der Waals surface area contributed by atoms with E-state index < -0.39 is 10.0 Å². The van der Waals surface area contributed by atoms with E-state index >= 15 is 0 Å². The van der Waals surface area contributed by atoms with Crippen molar-refractivity contribution in [1.29, 1.82) is 0 Å². The van der Waals surface area contributed by atoms with E-state index in [9.17, 15) is 13.2 Å². The largest absolute Gasteiger partial charge is 0.359 e. The molecule has 0 aliphatic heterocycles. The first-order valence-corrected chi connectivity index (χ1v) is 6.55. The number of rotatable bonds is 8. The first-order chi connectivity index (χ1) is 7.02. The molecule has 4 N–H and O–H groups in total. The highest BCUT2D eigenvalue weighted by Crippen LogP contribution is 1.93. The number of carbonyl (C=O) groups is 1. The molecule has 15 heavy (non-hydrogen) atoms. The van der Waals surface area contributed by atoms with Gasteiger partial charge in [0.1, 0.15) is 0 Å². The summed E-state index contributed by atoms with van der Waals surface area (Å²) in [4.78, 5) is 10.8. The molecule has 0 aromatic heterocycles. The minimum absolute atomic E-state index is 0.0674. The second-order valence-corrected chi connectivity index (χ2v) is 5.06. The Hall–Kier alpha value is -0.660. The molecule has 90 valence electrons. The van der Waals surface area contributed by atoms with Gasteiger partial charge in [0.15, 0.2) is 0 Å². The van der Waals surface area contributed by atoms with Crippen LogP contribution in [0.4, 0.5) is 0 Å². The Morgan fingerprint density at radius 2 is 2.00 bits per heavy atom. The zero-order chi connectivity index (χ0) is 11.7. The van der Waals surface area contributed by atoms with E-state index in [4.69, 9.17) is 5.73 Å². The molecule has 0 aromatic rings. The lowest BCUT2D eigenvalue weighted by Gasteiger charge is -2.05. The quantitative estimate of drug-likeness (QED) is 0.461. The van der Waals surface area contributed by atoms with Gasteiger partial charge in [-0.1, -0.05) is 0 Å². The molecule has 0 aliphatic rings. The van der Waals surface area contributed by atoms with Gasteiger partial charge in [0.25, 0.3) is 0 Å². The fourth-order valence-corrected chi connectivity index (χ4v) is 2.10. The highest BCUT2D eigenvalue weighted by Gasteiger charge is 2.09. The van der Waals surface area contributed by atoms with Crippen LogP contribution in [0.25, 0.3) is 0 Å². The van der Waals surface area contributed by atoms with Crippen molar-refractivity contribution in [1.82, 2.24) is 10.0 Å². The van der Waals surface area contributed by atoms with Gasteiger partial charge in [-0.15, -0.1) is 0 Å². The number of hydrogen-bond donors (Lipinski definition) is 3.